The van der Waals surface area contributed by atoms with Crippen molar-refractivity contribution in [2.75, 3.05) is 6.54 Å². The minimum Gasteiger partial charge on any atom is -0.479 e. The number of alkyl halides is 7. The molecular weight excluding hydrogens is 499 g/mol. The molecule has 1 amide bonds. The van der Waals surface area contributed by atoms with E-state index in [1.807, 2.05) is 0 Å². The molecule has 0 radical (unpaired) electrons. The second-order valence-corrected chi connectivity index (χ2v) is 8.93. The number of aryl methyl sites for hydroxylation is 1. The van der Waals surface area contributed by atoms with Gasteiger partial charge in [-0.25, -0.2) is 9.18 Å². The van der Waals surface area contributed by atoms with E-state index in [0.29, 0.717) is 24.1 Å². The standard InChI is InChI=1S/C24H20F7NO4/c25-22(23(26,27)28,24(29,30)31)15-6-7-16-14(11-15)5-8-18-17(16)9-10-32(18)20(34)13-3-1-12(2-4-13)19(33)21(35)36/h1-4,6-7,11,17-19,33H,5,8-10H2,(H,35,36). The average molecular weight is 519 g/mol. The number of benzene rings is 2. The van der Waals surface area contributed by atoms with E-state index >= 15 is 0 Å². The van der Waals surface area contributed by atoms with Crippen LogP contribution in [0, 0.1) is 0 Å². The molecule has 0 bridgehead atoms. The second kappa shape index (κ2) is 8.75. The summed E-state index contributed by atoms with van der Waals surface area (Å²) in [6, 6.07) is 7.22. The van der Waals surface area contributed by atoms with Crippen molar-refractivity contribution in [3.63, 3.8) is 0 Å². The lowest BCUT2D eigenvalue weighted by molar-refractivity contribution is -0.348. The molecule has 5 nitrogen and oxygen atoms in total. The number of aliphatic hydroxyl groups excluding tert-OH is 1. The normalized spacial score (nSPS) is 21.1. The Labute approximate surface area is 200 Å². The molecule has 1 fully saturated rings. The molecule has 0 aromatic heterocycles. The number of hydrogen-bond acceptors (Lipinski definition) is 3. The fourth-order valence-electron chi connectivity index (χ4n) is 5.13. The third-order valence-electron chi connectivity index (χ3n) is 6.94. The minimum atomic E-state index is -6.19. The Morgan fingerprint density at radius 1 is 0.917 bits per heavy atom. The van der Waals surface area contributed by atoms with Crippen LogP contribution in [-0.2, 0) is 16.9 Å². The lowest BCUT2D eigenvalue weighted by Crippen LogP contribution is -2.50. The van der Waals surface area contributed by atoms with Gasteiger partial charge in [0.2, 0.25) is 0 Å². The molecule has 2 N–H and O–H groups in total. The zero-order valence-electron chi connectivity index (χ0n) is 18.4. The summed E-state index contributed by atoms with van der Waals surface area (Å²) in [6.07, 6.45) is -13.4. The van der Waals surface area contributed by atoms with Crippen molar-refractivity contribution in [1.29, 1.82) is 0 Å². The Bertz CT molecular complexity index is 1160. The molecule has 3 unspecified atom stereocenters. The number of fused-ring (bicyclic) bond motifs is 3. The van der Waals surface area contributed by atoms with Gasteiger partial charge >= 0.3 is 24.0 Å². The number of carboxylic acid groups (broad SMARTS) is 1. The Balaban J connectivity index is 1.58. The summed E-state index contributed by atoms with van der Waals surface area (Å²) in [5.74, 6) is -2.17. The number of nitrogens with zero attached hydrogens (tertiary/aromatic N) is 1. The van der Waals surface area contributed by atoms with Crippen LogP contribution in [0.1, 0.15) is 57.5 Å². The van der Waals surface area contributed by atoms with Crippen LogP contribution in [0.25, 0.3) is 0 Å². The summed E-state index contributed by atoms with van der Waals surface area (Å²) >= 11 is 0. The molecule has 4 rings (SSSR count). The average Bonchev–Trinajstić information content (AvgIpc) is 3.25. The Morgan fingerprint density at radius 3 is 2.08 bits per heavy atom. The van der Waals surface area contributed by atoms with Crippen molar-refractivity contribution < 1.29 is 50.5 Å². The maximum Gasteiger partial charge on any atom is 0.435 e. The first-order chi connectivity index (χ1) is 16.7. The van der Waals surface area contributed by atoms with Crippen molar-refractivity contribution in [2.24, 2.45) is 0 Å². The number of aliphatic hydroxyl groups is 1. The third-order valence-corrected chi connectivity index (χ3v) is 6.94. The van der Waals surface area contributed by atoms with Crippen LogP contribution < -0.4 is 0 Å². The topological polar surface area (TPSA) is 77.8 Å². The van der Waals surface area contributed by atoms with E-state index in [-0.39, 0.29) is 53.9 Å². The zero-order valence-corrected chi connectivity index (χ0v) is 18.4. The molecule has 0 saturated carbocycles. The van der Waals surface area contributed by atoms with Crippen LogP contribution in [0.2, 0.25) is 0 Å². The molecule has 1 aliphatic carbocycles. The molecule has 1 aliphatic heterocycles. The van der Waals surface area contributed by atoms with Crippen LogP contribution >= 0.6 is 0 Å². The van der Waals surface area contributed by atoms with E-state index in [2.05, 4.69) is 0 Å². The Kier molecular flexibility index (Phi) is 6.30. The molecule has 0 spiro atoms. The largest absolute Gasteiger partial charge is 0.479 e. The first kappa shape index (κ1) is 25.9. The molecule has 2 aliphatic rings. The Morgan fingerprint density at radius 2 is 1.53 bits per heavy atom. The minimum absolute atomic E-state index is 0.0592. The highest BCUT2D eigenvalue weighted by atomic mass is 19.4. The van der Waals surface area contributed by atoms with Crippen molar-refractivity contribution in [2.45, 2.75) is 55.3 Å². The Hall–Kier alpha value is -3.15. The van der Waals surface area contributed by atoms with Crippen molar-refractivity contribution >= 4 is 11.9 Å². The third kappa shape index (κ3) is 4.10. The highest BCUT2D eigenvalue weighted by molar-refractivity contribution is 5.95. The number of carbonyl (C=O) groups is 2. The molecule has 2 aromatic rings. The van der Waals surface area contributed by atoms with E-state index in [4.69, 9.17) is 5.11 Å². The van der Waals surface area contributed by atoms with Crippen molar-refractivity contribution in [3.05, 3.63) is 70.3 Å². The number of hydrogen-bond donors (Lipinski definition) is 2. The number of rotatable bonds is 4. The predicted molar refractivity (Wildman–Crippen MR) is 111 cm³/mol. The van der Waals surface area contributed by atoms with Crippen molar-refractivity contribution in [3.8, 4) is 0 Å². The maximum absolute atomic E-state index is 14.5. The monoisotopic (exact) mass is 519 g/mol. The van der Waals surface area contributed by atoms with Crippen LogP contribution in [0.3, 0.4) is 0 Å². The molecular formula is C24H20F7NO4. The predicted octanol–water partition coefficient (Wildman–Crippen LogP) is 5.04. The lowest BCUT2D eigenvalue weighted by atomic mass is 9.77. The number of carbonyl (C=O) groups excluding carboxylic acids is 1. The summed E-state index contributed by atoms with van der Waals surface area (Å²) in [6.45, 7) is 0.285. The molecule has 36 heavy (non-hydrogen) atoms. The summed E-state index contributed by atoms with van der Waals surface area (Å²) in [5, 5.41) is 18.5. The summed E-state index contributed by atoms with van der Waals surface area (Å²) in [5.41, 5.74) is -6.03. The van der Waals surface area contributed by atoms with E-state index in [1.54, 1.807) is 4.90 Å². The van der Waals surface area contributed by atoms with Gasteiger partial charge in [-0.2, -0.15) is 26.3 Å². The van der Waals surface area contributed by atoms with Gasteiger partial charge in [-0.15, -0.1) is 0 Å². The van der Waals surface area contributed by atoms with Crippen LogP contribution in [-0.4, -0.2) is 51.9 Å². The molecule has 194 valence electrons. The number of likely N-dealkylation sites (tertiary alicyclic amines) is 1. The highest BCUT2D eigenvalue weighted by Crippen LogP contribution is 2.54. The molecule has 3 atom stereocenters. The quantitative estimate of drug-likeness (QED) is 0.555. The number of amides is 1. The number of aliphatic carboxylic acids is 1. The van der Waals surface area contributed by atoms with E-state index in [1.165, 1.54) is 24.3 Å². The smallest absolute Gasteiger partial charge is 0.435 e. The van der Waals surface area contributed by atoms with Gasteiger partial charge in [0.05, 0.1) is 0 Å². The first-order valence-electron chi connectivity index (χ1n) is 10.9. The fourth-order valence-corrected chi connectivity index (χ4v) is 5.13. The molecule has 2 aromatic carbocycles. The van der Waals surface area contributed by atoms with Gasteiger partial charge in [0, 0.05) is 29.6 Å². The fraction of sp³-hybridized carbons (Fsp3) is 0.417. The first-order valence-corrected chi connectivity index (χ1v) is 10.9. The maximum atomic E-state index is 14.5. The number of carboxylic acids is 1. The van der Waals surface area contributed by atoms with Gasteiger partial charge in [-0.1, -0.05) is 30.3 Å². The van der Waals surface area contributed by atoms with Crippen molar-refractivity contribution in [1.82, 2.24) is 4.90 Å². The molecule has 1 saturated heterocycles. The number of halogens is 7. The zero-order chi connectivity index (χ0) is 26.6. The highest BCUT2D eigenvalue weighted by Gasteiger charge is 2.73. The van der Waals surface area contributed by atoms with Gasteiger partial charge in [-0.05, 0) is 48.1 Å². The molecule has 12 heteroatoms. The van der Waals surface area contributed by atoms with E-state index < -0.39 is 35.7 Å². The summed E-state index contributed by atoms with van der Waals surface area (Å²) < 4.78 is 93.5. The van der Waals surface area contributed by atoms with E-state index in [9.17, 15) is 45.4 Å². The van der Waals surface area contributed by atoms with Crippen LogP contribution in [0.15, 0.2) is 42.5 Å². The summed E-state index contributed by atoms with van der Waals surface area (Å²) in [7, 11) is 0. The van der Waals surface area contributed by atoms with Gasteiger partial charge in [0.15, 0.2) is 6.10 Å². The SMILES string of the molecule is O=C(O)C(O)c1ccc(C(=O)N2CCC3c4ccc(C(F)(C(F)(F)F)C(F)(F)F)cc4CCC32)cc1. The summed E-state index contributed by atoms with van der Waals surface area (Å²) in [4.78, 5) is 25.5. The van der Waals surface area contributed by atoms with Gasteiger partial charge < -0.3 is 15.1 Å². The molecule has 1 heterocycles. The second-order valence-electron chi connectivity index (χ2n) is 8.93. The lowest BCUT2D eigenvalue weighted by Gasteiger charge is -2.35. The van der Waals surface area contributed by atoms with Gasteiger partial charge in [0.25, 0.3) is 5.91 Å². The van der Waals surface area contributed by atoms with Gasteiger partial charge in [0.1, 0.15) is 0 Å². The van der Waals surface area contributed by atoms with Crippen LogP contribution in [0.5, 0.6) is 0 Å². The van der Waals surface area contributed by atoms with Crippen LogP contribution in [0.4, 0.5) is 30.7 Å². The van der Waals surface area contributed by atoms with Gasteiger partial charge in [-0.3, -0.25) is 4.79 Å². The van der Waals surface area contributed by atoms with E-state index in [0.717, 1.165) is 6.07 Å².